The molecule has 0 spiro atoms. The maximum Gasteiger partial charge on any atom is 0.573 e. The summed E-state index contributed by atoms with van der Waals surface area (Å²) >= 11 is 0. The number of aromatic nitrogens is 1. The van der Waals surface area contributed by atoms with Gasteiger partial charge < -0.3 is 14.6 Å². The molecule has 0 unspecified atom stereocenters. The van der Waals surface area contributed by atoms with Gasteiger partial charge in [0.1, 0.15) is 0 Å². The van der Waals surface area contributed by atoms with E-state index >= 15 is 0 Å². The van der Waals surface area contributed by atoms with Gasteiger partial charge in [-0.3, -0.25) is 0 Å². The molecule has 0 saturated carbocycles. The first-order chi connectivity index (χ1) is 9.48. The Morgan fingerprint density at radius 3 is 2.45 bits per heavy atom. The summed E-state index contributed by atoms with van der Waals surface area (Å²) < 4.78 is 45.9. The second-order valence-corrected chi connectivity index (χ2v) is 3.76. The first kappa shape index (κ1) is 14.1. The smallest absolute Gasteiger partial charge is 0.435 e. The third-order valence-electron chi connectivity index (χ3n) is 2.27. The van der Waals surface area contributed by atoms with Crippen molar-refractivity contribution >= 4 is 0 Å². The van der Waals surface area contributed by atoms with Crippen molar-refractivity contribution in [1.82, 2.24) is 4.98 Å². The van der Waals surface area contributed by atoms with E-state index in [1.54, 1.807) is 6.07 Å². The summed E-state index contributed by atoms with van der Waals surface area (Å²) in [6.45, 7) is -0.223. The number of ether oxygens (including phenoxy) is 2. The highest BCUT2D eigenvalue weighted by atomic mass is 19.4. The molecule has 1 heterocycles. The summed E-state index contributed by atoms with van der Waals surface area (Å²) in [6, 6.07) is 8.35. The minimum atomic E-state index is -4.81. The van der Waals surface area contributed by atoms with Crippen LogP contribution in [0.25, 0.3) is 0 Å². The second kappa shape index (κ2) is 5.79. The number of para-hydroxylation sites is 2. The second-order valence-electron chi connectivity index (χ2n) is 3.76. The van der Waals surface area contributed by atoms with E-state index in [1.165, 1.54) is 30.5 Å². The van der Waals surface area contributed by atoms with Gasteiger partial charge in [0.25, 0.3) is 0 Å². The largest absolute Gasteiger partial charge is 0.573 e. The van der Waals surface area contributed by atoms with Gasteiger partial charge in [0.05, 0.1) is 6.61 Å². The monoisotopic (exact) mass is 285 g/mol. The van der Waals surface area contributed by atoms with Crippen molar-refractivity contribution in [2.45, 2.75) is 13.0 Å². The Labute approximate surface area is 112 Å². The van der Waals surface area contributed by atoms with Crippen LogP contribution < -0.4 is 9.47 Å². The quantitative estimate of drug-likeness (QED) is 0.936. The van der Waals surface area contributed by atoms with E-state index in [-0.39, 0.29) is 18.2 Å². The molecule has 20 heavy (non-hydrogen) atoms. The van der Waals surface area contributed by atoms with E-state index in [9.17, 15) is 13.2 Å². The molecule has 0 atom stereocenters. The zero-order chi connectivity index (χ0) is 14.6. The van der Waals surface area contributed by atoms with Gasteiger partial charge in [-0.05, 0) is 23.8 Å². The third kappa shape index (κ3) is 3.86. The van der Waals surface area contributed by atoms with E-state index in [4.69, 9.17) is 9.84 Å². The van der Waals surface area contributed by atoms with Crippen LogP contribution in [0.15, 0.2) is 42.6 Å². The van der Waals surface area contributed by atoms with Crippen LogP contribution in [0.3, 0.4) is 0 Å². The summed E-state index contributed by atoms with van der Waals surface area (Å²) in [5.41, 5.74) is 0.532. The number of hydrogen-bond donors (Lipinski definition) is 1. The number of halogens is 3. The van der Waals surface area contributed by atoms with Gasteiger partial charge in [-0.15, -0.1) is 13.2 Å². The molecular weight excluding hydrogens is 275 g/mol. The molecule has 4 nitrogen and oxygen atoms in total. The number of pyridine rings is 1. The number of benzene rings is 1. The fourth-order valence-electron chi connectivity index (χ4n) is 1.46. The van der Waals surface area contributed by atoms with Crippen molar-refractivity contribution in [3.8, 4) is 17.4 Å². The molecule has 7 heteroatoms. The number of aliphatic hydroxyl groups is 1. The maximum absolute atomic E-state index is 12.3. The molecule has 0 radical (unpaired) electrons. The van der Waals surface area contributed by atoms with Crippen LogP contribution in [-0.4, -0.2) is 16.5 Å². The Balaban J connectivity index is 2.24. The molecule has 0 saturated heterocycles. The number of aliphatic hydroxyl groups excluding tert-OH is 1. The van der Waals surface area contributed by atoms with Crippen LogP contribution in [0, 0.1) is 0 Å². The average Bonchev–Trinajstić information content (AvgIpc) is 2.40. The molecule has 0 aliphatic carbocycles. The number of nitrogens with zero attached hydrogens (tertiary/aromatic N) is 1. The summed E-state index contributed by atoms with van der Waals surface area (Å²) in [7, 11) is 0. The van der Waals surface area contributed by atoms with Gasteiger partial charge >= 0.3 is 6.36 Å². The molecule has 2 rings (SSSR count). The minimum absolute atomic E-state index is 0.0646. The highest BCUT2D eigenvalue weighted by molar-refractivity contribution is 5.42. The number of alkyl halides is 3. The van der Waals surface area contributed by atoms with Crippen LogP contribution in [0.4, 0.5) is 13.2 Å². The minimum Gasteiger partial charge on any atom is -0.435 e. The zero-order valence-electron chi connectivity index (χ0n) is 10.1. The normalized spacial score (nSPS) is 11.2. The Morgan fingerprint density at radius 1 is 1.10 bits per heavy atom. The lowest BCUT2D eigenvalue weighted by Crippen LogP contribution is -2.17. The first-order valence-corrected chi connectivity index (χ1v) is 5.56. The maximum atomic E-state index is 12.3. The Kier molecular flexibility index (Phi) is 4.09. The van der Waals surface area contributed by atoms with Crippen LogP contribution in [-0.2, 0) is 6.61 Å². The average molecular weight is 285 g/mol. The van der Waals surface area contributed by atoms with Crippen molar-refractivity contribution in [2.75, 3.05) is 0 Å². The molecule has 0 fully saturated rings. The highest BCUT2D eigenvalue weighted by Crippen LogP contribution is 2.34. The predicted molar refractivity (Wildman–Crippen MR) is 63.4 cm³/mol. The molecule has 0 amide bonds. The summed E-state index contributed by atoms with van der Waals surface area (Å²) in [6.07, 6.45) is -3.42. The fourth-order valence-corrected chi connectivity index (χ4v) is 1.46. The van der Waals surface area contributed by atoms with E-state index in [1.807, 2.05) is 0 Å². The first-order valence-electron chi connectivity index (χ1n) is 5.56. The van der Waals surface area contributed by atoms with Gasteiger partial charge in [0.2, 0.25) is 5.88 Å². The van der Waals surface area contributed by atoms with E-state index < -0.39 is 12.1 Å². The molecular formula is C13H10F3NO3. The lowest BCUT2D eigenvalue weighted by molar-refractivity contribution is -0.275. The lowest BCUT2D eigenvalue weighted by atomic mass is 10.3. The molecule has 1 aromatic heterocycles. The number of rotatable bonds is 4. The summed E-state index contributed by atoms with van der Waals surface area (Å²) in [5.74, 6) is -0.515. The van der Waals surface area contributed by atoms with Gasteiger partial charge in [-0.2, -0.15) is 0 Å². The molecule has 1 aromatic carbocycles. The van der Waals surface area contributed by atoms with Crippen molar-refractivity contribution in [1.29, 1.82) is 0 Å². The standard InChI is InChI=1S/C13H10F3NO3/c14-13(15,16)20-11-4-2-1-3-10(11)19-12-7-9(8-18)5-6-17-12/h1-7,18H,8H2. The molecule has 0 aliphatic heterocycles. The van der Waals surface area contributed by atoms with Crippen molar-refractivity contribution in [2.24, 2.45) is 0 Å². The molecule has 0 aliphatic rings. The fraction of sp³-hybridized carbons (Fsp3) is 0.154. The molecule has 106 valence electrons. The molecule has 1 N–H and O–H groups in total. The van der Waals surface area contributed by atoms with Crippen LogP contribution in [0.2, 0.25) is 0 Å². The summed E-state index contributed by atoms with van der Waals surface area (Å²) in [5, 5.41) is 8.98. The highest BCUT2D eigenvalue weighted by Gasteiger charge is 2.32. The van der Waals surface area contributed by atoms with E-state index in [2.05, 4.69) is 9.72 Å². The van der Waals surface area contributed by atoms with Gasteiger partial charge in [0, 0.05) is 12.3 Å². The molecule has 0 bridgehead atoms. The topological polar surface area (TPSA) is 51.6 Å². The van der Waals surface area contributed by atoms with Crippen LogP contribution in [0.1, 0.15) is 5.56 Å². The van der Waals surface area contributed by atoms with Crippen molar-refractivity contribution in [3.63, 3.8) is 0 Å². The van der Waals surface area contributed by atoms with Crippen LogP contribution in [0.5, 0.6) is 17.4 Å². The van der Waals surface area contributed by atoms with Gasteiger partial charge in [0.15, 0.2) is 11.5 Å². The van der Waals surface area contributed by atoms with Gasteiger partial charge in [-0.1, -0.05) is 12.1 Å². The van der Waals surface area contributed by atoms with Crippen molar-refractivity contribution in [3.05, 3.63) is 48.2 Å². The Hall–Kier alpha value is -2.28. The zero-order valence-corrected chi connectivity index (χ0v) is 10.1. The molecule has 2 aromatic rings. The van der Waals surface area contributed by atoms with E-state index in [0.717, 1.165) is 6.07 Å². The Bertz CT molecular complexity index is 587. The summed E-state index contributed by atoms with van der Waals surface area (Å²) in [4.78, 5) is 3.85. The lowest BCUT2D eigenvalue weighted by Gasteiger charge is -2.13. The third-order valence-corrected chi connectivity index (χ3v) is 2.27. The van der Waals surface area contributed by atoms with Gasteiger partial charge in [-0.25, -0.2) is 4.98 Å². The van der Waals surface area contributed by atoms with Crippen LogP contribution >= 0.6 is 0 Å². The Morgan fingerprint density at radius 2 is 1.80 bits per heavy atom. The number of hydrogen-bond acceptors (Lipinski definition) is 4. The van der Waals surface area contributed by atoms with Crippen molar-refractivity contribution < 1.29 is 27.8 Å². The van der Waals surface area contributed by atoms with E-state index in [0.29, 0.717) is 5.56 Å². The SMILES string of the molecule is OCc1ccnc(Oc2ccccc2OC(F)(F)F)c1. The predicted octanol–water partition coefficient (Wildman–Crippen LogP) is 3.26.